The fourth-order valence-electron chi connectivity index (χ4n) is 2.47. The normalized spacial score (nSPS) is 10.6. The van der Waals surface area contributed by atoms with Gasteiger partial charge in [-0.1, -0.05) is 42.5 Å². The van der Waals surface area contributed by atoms with Crippen LogP contribution in [-0.2, 0) is 11.3 Å². The molecule has 122 valence electrons. The lowest BCUT2D eigenvalue weighted by molar-refractivity contribution is 0.103. The monoisotopic (exact) mass is 338 g/mol. The van der Waals surface area contributed by atoms with Crippen LogP contribution in [0.1, 0.15) is 20.2 Å². The number of rotatable bonds is 5. The van der Waals surface area contributed by atoms with Gasteiger partial charge in [-0.25, -0.2) is 4.98 Å². The number of nitrogens with zero attached hydrogens (tertiary/aromatic N) is 1. The third-order valence-corrected chi connectivity index (χ3v) is 4.45. The number of anilines is 1. The Morgan fingerprint density at radius 3 is 2.71 bits per heavy atom. The van der Waals surface area contributed by atoms with E-state index in [1.807, 2.05) is 61.5 Å². The van der Waals surface area contributed by atoms with E-state index in [0.717, 1.165) is 27.5 Å². The fourth-order valence-corrected chi connectivity index (χ4v) is 3.30. The third-order valence-electron chi connectivity index (χ3n) is 3.48. The van der Waals surface area contributed by atoms with E-state index in [2.05, 4.69) is 10.3 Å². The van der Waals surface area contributed by atoms with E-state index >= 15 is 0 Å². The van der Waals surface area contributed by atoms with Crippen LogP contribution in [-0.4, -0.2) is 18.0 Å². The lowest BCUT2D eigenvalue weighted by Crippen LogP contribution is -2.11. The second-order valence-corrected chi connectivity index (χ2v) is 6.57. The largest absolute Gasteiger partial charge is 0.380 e. The number of aryl methyl sites for hydroxylation is 1. The summed E-state index contributed by atoms with van der Waals surface area (Å²) in [7, 11) is 1.65. The maximum Gasteiger partial charge on any atom is 0.268 e. The molecule has 0 saturated heterocycles. The maximum absolute atomic E-state index is 12.7. The van der Waals surface area contributed by atoms with Crippen LogP contribution in [0.5, 0.6) is 0 Å². The Labute approximate surface area is 145 Å². The van der Waals surface area contributed by atoms with Gasteiger partial charge < -0.3 is 10.1 Å². The highest BCUT2D eigenvalue weighted by atomic mass is 32.1. The first-order valence-corrected chi connectivity index (χ1v) is 8.41. The summed E-state index contributed by atoms with van der Waals surface area (Å²) in [5, 5.41) is 3.82. The second kappa shape index (κ2) is 7.38. The number of aromatic nitrogens is 1. The number of methoxy groups -OCH3 is 1. The molecule has 3 rings (SSSR count). The van der Waals surface area contributed by atoms with Crippen LogP contribution in [0.3, 0.4) is 0 Å². The molecule has 24 heavy (non-hydrogen) atoms. The van der Waals surface area contributed by atoms with Crippen LogP contribution >= 0.6 is 11.3 Å². The third kappa shape index (κ3) is 3.69. The molecule has 0 atom stereocenters. The van der Waals surface area contributed by atoms with Gasteiger partial charge in [0.05, 0.1) is 17.3 Å². The molecule has 2 aromatic carbocycles. The fraction of sp³-hybridized carbons (Fsp3) is 0.158. The van der Waals surface area contributed by atoms with Crippen molar-refractivity contribution >= 4 is 22.9 Å². The van der Waals surface area contributed by atoms with Crippen molar-refractivity contribution in [3.8, 4) is 11.3 Å². The first kappa shape index (κ1) is 16.4. The van der Waals surface area contributed by atoms with Crippen LogP contribution in [0, 0.1) is 6.92 Å². The molecule has 0 bridgehead atoms. The zero-order chi connectivity index (χ0) is 16.9. The van der Waals surface area contributed by atoms with E-state index in [4.69, 9.17) is 4.74 Å². The highest BCUT2D eigenvalue weighted by Gasteiger charge is 2.18. The molecule has 5 heteroatoms. The molecule has 0 aliphatic heterocycles. The Hall–Kier alpha value is -2.50. The molecule has 1 amide bonds. The van der Waals surface area contributed by atoms with Crippen molar-refractivity contribution in [3.05, 3.63) is 70.0 Å². The van der Waals surface area contributed by atoms with E-state index < -0.39 is 0 Å². The SMILES string of the molecule is COCc1cccc(NC(=O)c2sc(C)nc2-c2ccccc2)c1. The summed E-state index contributed by atoms with van der Waals surface area (Å²) < 4.78 is 5.13. The Morgan fingerprint density at radius 1 is 1.17 bits per heavy atom. The standard InChI is InChI=1S/C19H18N2O2S/c1-13-20-17(15-8-4-3-5-9-15)18(24-13)19(22)21-16-10-6-7-14(11-16)12-23-2/h3-11H,12H2,1-2H3,(H,21,22). The zero-order valence-corrected chi connectivity index (χ0v) is 14.4. The molecular weight excluding hydrogens is 320 g/mol. The molecule has 0 unspecified atom stereocenters. The molecule has 0 aliphatic carbocycles. The Kier molecular flexibility index (Phi) is 5.03. The quantitative estimate of drug-likeness (QED) is 0.744. The molecule has 0 fully saturated rings. The molecule has 1 aromatic heterocycles. The molecule has 0 saturated carbocycles. The first-order valence-electron chi connectivity index (χ1n) is 7.59. The molecule has 4 nitrogen and oxygen atoms in total. The summed E-state index contributed by atoms with van der Waals surface area (Å²) in [6.45, 7) is 2.42. The minimum Gasteiger partial charge on any atom is -0.380 e. The van der Waals surface area contributed by atoms with Crippen molar-refractivity contribution in [1.82, 2.24) is 4.98 Å². The second-order valence-electron chi connectivity index (χ2n) is 5.36. The van der Waals surface area contributed by atoms with Crippen LogP contribution in [0.25, 0.3) is 11.3 Å². The summed E-state index contributed by atoms with van der Waals surface area (Å²) in [4.78, 5) is 17.9. The van der Waals surface area contributed by atoms with E-state index in [-0.39, 0.29) is 5.91 Å². The predicted octanol–water partition coefficient (Wildman–Crippen LogP) is 4.52. The number of thiazole rings is 1. The number of benzene rings is 2. The minimum atomic E-state index is -0.144. The molecule has 1 N–H and O–H groups in total. The molecule has 0 spiro atoms. The summed E-state index contributed by atoms with van der Waals surface area (Å²) in [6, 6.07) is 17.4. The summed E-state index contributed by atoms with van der Waals surface area (Å²) in [5.74, 6) is -0.144. The molecule has 3 aromatic rings. The van der Waals surface area contributed by atoms with Gasteiger partial charge in [0, 0.05) is 18.4 Å². The number of hydrogen-bond donors (Lipinski definition) is 1. The highest BCUT2D eigenvalue weighted by Crippen LogP contribution is 2.28. The van der Waals surface area contributed by atoms with Crippen molar-refractivity contribution in [2.45, 2.75) is 13.5 Å². The van der Waals surface area contributed by atoms with Gasteiger partial charge in [-0.05, 0) is 24.6 Å². The number of carbonyl (C=O) groups excluding carboxylic acids is 1. The van der Waals surface area contributed by atoms with Gasteiger partial charge in [0.15, 0.2) is 0 Å². The van der Waals surface area contributed by atoms with Gasteiger partial charge in [0.2, 0.25) is 0 Å². The average Bonchev–Trinajstić information content (AvgIpc) is 2.98. The summed E-state index contributed by atoms with van der Waals surface area (Å²) >= 11 is 1.40. The van der Waals surface area contributed by atoms with E-state index in [1.165, 1.54) is 11.3 Å². The van der Waals surface area contributed by atoms with E-state index in [1.54, 1.807) is 7.11 Å². The number of nitrogens with one attached hydrogen (secondary N) is 1. The van der Waals surface area contributed by atoms with Crippen LogP contribution in [0.2, 0.25) is 0 Å². The molecule has 0 aliphatic rings. The average molecular weight is 338 g/mol. The van der Waals surface area contributed by atoms with Crippen LogP contribution in [0.15, 0.2) is 54.6 Å². The van der Waals surface area contributed by atoms with E-state index in [9.17, 15) is 4.79 Å². The topological polar surface area (TPSA) is 51.2 Å². The molecule has 0 radical (unpaired) electrons. The van der Waals surface area contributed by atoms with Crippen molar-refractivity contribution in [1.29, 1.82) is 0 Å². The Bertz CT molecular complexity index is 844. The highest BCUT2D eigenvalue weighted by molar-refractivity contribution is 7.14. The number of hydrogen-bond acceptors (Lipinski definition) is 4. The first-order chi connectivity index (χ1) is 11.7. The number of ether oxygens (including phenoxy) is 1. The van der Waals surface area contributed by atoms with Crippen molar-refractivity contribution < 1.29 is 9.53 Å². The van der Waals surface area contributed by atoms with Gasteiger partial charge in [-0.15, -0.1) is 11.3 Å². The van der Waals surface area contributed by atoms with Crippen LogP contribution < -0.4 is 5.32 Å². The lowest BCUT2D eigenvalue weighted by Gasteiger charge is -2.07. The summed E-state index contributed by atoms with van der Waals surface area (Å²) in [6.07, 6.45) is 0. The van der Waals surface area contributed by atoms with E-state index in [0.29, 0.717) is 11.5 Å². The van der Waals surface area contributed by atoms with Crippen molar-refractivity contribution in [3.63, 3.8) is 0 Å². The Balaban J connectivity index is 1.87. The smallest absolute Gasteiger partial charge is 0.268 e. The van der Waals surface area contributed by atoms with Gasteiger partial charge >= 0.3 is 0 Å². The lowest BCUT2D eigenvalue weighted by atomic mass is 10.1. The van der Waals surface area contributed by atoms with Crippen molar-refractivity contribution in [2.75, 3.05) is 12.4 Å². The Morgan fingerprint density at radius 2 is 1.96 bits per heavy atom. The van der Waals surface area contributed by atoms with Gasteiger partial charge in [-0.2, -0.15) is 0 Å². The summed E-state index contributed by atoms with van der Waals surface area (Å²) in [5.41, 5.74) is 3.43. The van der Waals surface area contributed by atoms with Gasteiger partial charge in [0.25, 0.3) is 5.91 Å². The maximum atomic E-state index is 12.7. The predicted molar refractivity (Wildman–Crippen MR) is 97.4 cm³/mol. The molecule has 1 heterocycles. The van der Waals surface area contributed by atoms with Gasteiger partial charge in [-0.3, -0.25) is 4.79 Å². The van der Waals surface area contributed by atoms with Crippen molar-refractivity contribution in [2.24, 2.45) is 0 Å². The van der Waals surface area contributed by atoms with Crippen LogP contribution in [0.4, 0.5) is 5.69 Å². The molecular formula is C19H18N2O2S. The number of amides is 1. The van der Waals surface area contributed by atoms with Gasteiger partial charge in [0.1, 0.15) is 4.88 Å². The minimum absolute atomic E-state index is 0.144. The zero-order valence-electron chi connectivity index (χ0n) is 13.6. The number of carbonyl (C=O) groups is 1.